The van der Waals surface area contributed by atoms with Gasteiger partial charge in [0.1, 0.15) is 5.82 Å². The monoisotopic (exact) mass is 462 g/mol. The molecule has 2 rings (SSSR count). The van der Waals surface area contributed by atoms with Crippen LogP contribution in [0.2, 0.25) is 5.02 Å². The Morgan fingerprint density at radius 2 is 1.97 bits per heavy atom. The average Bonchev–Trinajstić information content (AvgIpc) is 2.77. The Bertz CT molecular complexity index is 1010. The molecule has 0 aliphatic carbocycles. The Morgan fingerprint density at radius 1 is 1.25 bits per heavy atom. The number of hydrogen-bond donors (Lipinski definition) is 0. The summed E-state index contributed by atoms with van der Waals surface area (Å²) in [5.41, 5.74) is 0.0613. The van der Waals surface area contributed by atoms with Crippen LogP contribution in [0.15, 0.2) is 36.4 Å². The number of esters is 1. The van der Waals surface area contributed by atoms with Crippen molar-refractivity contribution in [1.82, 2.24) is 0 Å². The Kier molecular flexibility index (Phi) is 9.29. The van der Waals surface area contributed by atoms with Gasteiger partial charge in [-0.3, -0.25) is 4.79 Å². The lowest BCUT2D eigenvalue weighted by atomic mass is 10.2. The molecule has 170 valence electrons. The minimum absolute atomic E-state index is 0.000154. The molecule has 0 saturated carbocycles. The lowest BCUT2D eigenvalue weighted by Crippen LogP contribution is -2.36. The van der Waals surface area contributed by atoms with Gasteiger partial charge in [-0.25, -0.2) is 9.18 Å². The van der Waals surface area contributed by atoms with Gasteiger partial charge in [-0.1, -0.05) is 37.6 Å². The van der Waals surface area contributed by atoms with Gasteiger partial charge in [-0.05, 0) is 30.2 Å². The maximum atomic E-state index is 14.1. The van der Waals surface area contributed by atoms with Gasteiger partial charge in [0.25, 0.3) is 5.91 Å². The molecular weight excluding hydrogens is 439 g/mol. The van der Waals surface area contributed by atoms with Gasteiger partial charge in [-0.2, -0.15) is 5.26 Å². The van der Waals surface area contributed by atoms with Crippen molar-refractivity contribution >= 4 is 29.2 Å². The number of methoxy groups -OCH3 is 1. The van der Waals surface area contributed by atoms with Crippen molar-refractivity contribution in [3.8, 4) is 17.6 Å². The number of nitriles is 1. The first kappa shape index (κ1) is 25.0. The number of amides is 1. The van der Waals surface area contributed by atoms with Crippen LogP contribution in [0.25, 0.3) is 0 Å². The van der Waals surface area contributed by atoms with Crippen LogP contribution in [0.5, 0.6) is 11.5 Å². The zero-order valence-corrected chi connectivity index (χ0v) is 18.8. The van der Waals surface area contributed by atoms with E-state index in [2.05, 4.69) is 0 Å². The zero-order chi connectivity index (χ0) is 23.7. The van der Waals surface area contributed by atoms with Crippen molar-refractivity contribution in [3.05, 3.63) is 52.8 Å². The second kappa shape index (κ2) is 11.9. The third-order valence-electron chi connectivity index (χ3n) is 4.24. The number of halogens is 2. The van der Waals surface area contributed by atoms with E-state index in [1.807, 2.05) is 19.9 Å². The molecule has 0 aliphatic rings. The van der Waals surface area contributed by atoms with E-state index in [4.69, 9.17) is 31.1 Å². The van der Waals surface area contributed by atoms with Crippen LogP contribution in [0.3, 0.4) is 0 Å². The van der Waals surface area contributed by atoms with E-state index >= 15 is 0 Å². The van der Waals surface area contributed by atoms with Crippen LogP contribution >= 0.6 is 11.6 Å². The largest absolute Gasteiger partial charge is 0.493 e. The van der Waals surface area contributed by atoms with Gasteiger partial charge in [-0.15, -0.1) is 0 Å². The summed E-state index contributed by atoms with van der Waals surface area (Å²) in [6.45, 7) is 3.66. The fourth-order valence-corrected chi connectivity index (χ4v) is 2.99. The molecule has 0 radical (unpaired) electrons. The van der Waals surface area contributed by atoms with Crippen LogP contribution in [-0.2, 0) is 9.53 Å². The van der Waals surface area contributed by atoms with E-state index in [1.54, 1.807) is 6.07 Å². The Balaban J connectivity index is 2.14. The number of rotatable bonds is 10. The van der Waals surface area contributed by atoms with E-state index in [1.165, 1.54) is 37.4 Å². The average molecular weight is 463 g/mol. The number of anilines is 1. The molecule has 0 heterocycles. The molecule has 0 unspecified atom stereocenters. The first-order chi connectivity index (χ1) is 15.3. The highest BCUT2D eigenvalue weighted by molar-refractivity contribution is 6.32. The first-order valence-corrected chi connectivity index (χ1v) is 10.3. The van der Waals surface area contributed by atoms with Crippen molar-refractivity contribution in [3.63, 3.8) is 0 Å². The van der Waals surface area contributed by atoms with Crippen LogP contribution in [0.4, 0.5) is 10.1 Å². The van der Waals surface area contributed by atoms with Crippen LogP contribution in [0, 0.1) is 23.1 Å². The lowest BCUT2D eigenvalue weighted by Gasteiger charge is -2.22. The summed E-state index contributed by atoms with van der Waals surface area (Å²) in [6, 6.07) is 10.3. The number of benzene rings is 2. The molecule has 32 heavy (non-hydrogen) atoms. The molecular formula is C23H24ClFN2O5. The standard InChI is InChI=1S/C23H24ClFN2O5/c1-15(2)13-31-22-17(24)11-16(12-20(22)30-3)23(29)32-14-21(28)27(10-6-9-26)19-8-5-4-7-18(19)25/h4-5,7-8,11-12,15H,6,10,13-14H2,1-3H3. The van der Waals surface area contributed by atoms with Crippen molar-refractivity contribution in [1.29, 1.82) is 5.26 Å². The topological polar surface area (TPSA) is 88.9 Å². The maximum Gasteiger partial charge on any atom is 0.338 e. The highest BCUT2D eigenvalue weighted by atomic mass is 35.5. The molecule has 0 spiro atoms. The summed E-state index contributed by atoms with van der Waals surface area (Å²) in [5.74, 6) is -1.31. The molecule has 0 atom stereocenters. The molecule has 0 aliphatic heterocycles. The molecule has 7 nitrogen and oxygen atoms in total. The number of carbonyl (C=O) groups is 2. The zero-order valence-electron chi connectivity index (χ0n) is 18.1. The number of hydrogen-bond acceptors (Lipinski definition) is 6. The van der Waals surface area contributed by atoms with Crippen molar-refractivity contribution < 1.29 is 28.2 Å². The fraction of sp³-hybridized carbons (Fsp3) is 0.348. The van der Waals surface area contributed by atoms with E-state index in [0.29, 0.717) is 12.4 Å². The second-order valence-electron chi connectivity index (χ2n) is 7.18. The second-order valence-corrected chi connectivity index (χ2v) is 7.58. The number of nitrogens with zero attached hydrogens (tertiary/aromatic N) is 2. The summed E-state index contributed by atoms with van der Waals surface area (Å²) >= 11 is 6.25. The summed E-state index contributed by atoms with van der Waals surface area (Å²) in [5, 5.41) is 9.00. The normalized spacial score (nSPS) is 10.4. The van der Waals surface area contributed by atoms with Gasteiger partial charge >= 0.3 is 5.97 Å². The van der Waals surface area contributed by atoms with Crippen LogP contribution in [0.1, 0.15) is 30.6 Å². The summed E-state index contributed by atoms with van der Waals surface area (Å²) in [4.78, 5) is 26.2. The molecule has 0 aromatic heterocycles. The molecule has 0 bridgehead atoms. The smallest absolute Gasteiger partial charge is 0.338 e. The third kappa shape index (κ3) is 6.59. The van der Waals surface area contributed by atoms with Gasteiger partial charge in [0, 0.05) is 6.54 Å². The minimum atomic E-state index is -0.817. The van der Waals surface area contributed by atoms with Crippen LogP contribution in [-0.4, -0.2) is 38.7 Å². The summed E-state index contributed by atoms with van der Waals surface area (Å²) in [6.07, 6.45) is -0.0152. The molecule has 1 amide bonds. The predicted octanol–water partition coefficient (Wildman–Crippen LogP) is 4.63. The fourth-order valence-electron chi connectivity index (χ4n) is 2.73. The van der Waals surface area contributed by atoms with Crippen molar-refractivity contribution in [2.75, 3.05) is 31.8 Å². The summed E-state index contributed by atoms with van der Waals surface area (Å²) < 4.78 is 30.2. The molecule has 9 heteroatoms. The van der Waals surface area contributed by atoms with E-state index in [0.717, 1.165) is 4.90 Å². The van der Waals surface area contributed by atoms with Crippen molar-refractivity contribution in [2.24, 2.45) is 5.92 Å². The van der Waals surface area contributed by atoms with Gasteiger partial charge in [0.2, 0.25) is 0 Å². The molecule has 2 aromatic carbocycles. The van der Waals surface area contributed by atoms with Crippen molar-refractivity contribution in [2.45, 2.75) is 20.3 Å². The third-order valence-corrected chi connectivity index (χ3v) is 4.53. The number of ether oxygens (including phenoxy) is 3. The van der Waals surface area contributed by atoms with E-state index in [-0.39, 0.29) is 40.9 Å². The first-order valence-electron chi connectivity index (χ1n) is 9.87. The molecule has 0 N–H and O–H groups in total. The SMILES string of the molecule is COc1cc(C(=O)OCC(=O)N(CCC#N)c2ccccc2F)cc(Cl)c1OCC(C)C. The molecule has 0 saturated heterocycles. The Morgan fingerprint density at radius 3 is 2.59 bits per heavy atom. The Hall–Kier alpha value is -3.31. The summed E-state index contributed by atoms with van der Waals surface area (Å²) in [7, 11) is 1.41. The van der Waals surface area contributed by atoms with E-state index in [9.17, 15) is 14.0 Å². The Labute approximate surface area is 191 Å². The van der Waals surface area contributed by atoms with Gasteiger partial charge in [0.05, 0.1) is 42.5 Å². The van der Waals surface area contributed by atoms with Gasteiger partial charge < -0.3 is 19.1 Å². The quantitative estimate of drug-likeness (QED) is 0.478. The number of para-hydroxylation sites is 1. The maximum absolute atomic E-state index is 14.1. The molecule has 2 aromatic rings. The van der Waals surface area contributed by atoms with Crippen LogP contribution < -0.4 is 14.4 Å². The minimum Gasteiger partial charge on any atom is -0.493 e. The van der Waals surface area contributed by atoms with Gasteiger partial charge in [0.15, 0.2) is 18.1 Å². The number of carbonyl (C=O) groups excluding carboxylic acids is 2. The lowest BCUT2D eigenvalue weighted by molar-refractivity contribution is -0.121. The highest BCUT2D eigenvalue weighted by Crippen LogP contribution is 2.37. The predicted molar refractivity (Wildman–Crippen MR) is 118 cm³/mol. The highest BCUT2D eigenvalue weighted by Gasteiger charge is 2.22. The molecule has 0 fully saturated rings. The van der Waals surface area contributed by atoms with E-state index < -0.39 is 24.3 Å².